The highest BCUT2D eigenvalue weighted by Crippen LogP contribution is 2.25. The molecular weight excluding hydrogens is 302 g/mol. The molecule has 98 valence electrons. The van der Waals surface area contributed by atoms with E-state index >= 15 is 0 Å². The van der Waals surface area contributed by atoms with E-state index in [0.29, 0.717) is 0 Å². The standard InChI is InChI=1S/C12H14BrNO4/c1-6(2)10(13)11(16)14-8-5-7(12(17)18)3-4-9(8)15/h3-6,10,15H,1-2H3,(H,14,16)(H,17,18). The van der Waals surface area contributed by atoms with Crippen molar-refractivity contribution in [3.8, 4) is 5.75 Å². The number of nitrogens with one attached hydrogen (secondary N) is 1. The number of phenols is 1. The van der Waals surface area contributed by atoms with Crippen molar-refractivity contribution in [2.24, 2.45) is 5.92 Å². The van der Waals surface area contributed by atoms with E-state index in [1.165, 1.54) is 18.2 Å². The minimum absolute atomic E-state index is 0.00114. The number of carboxylic acid groups (broad SMARTS) is 1. The van der Waals surface area contributed by atoms with Crippen LogP contribution in [0.3, 0.4) is 0 Å². The van der Waals surface area contributed by atoms with Crippen molar-refractivity contribution >= 4 is 33.5 Å². The highest BCUT2D eigenvalue weighted by Gasteiger charge is 2.20. The van der Waals surface area contributed by atoms with Gasteiger partial charge in [-0.05, 0) is 24.1 Å². The van der Waals surface area contributed by atoms with Crippen molar-refractivity contribution in [3.63, 3.8) is 0 Å². The molecule has 0 saturated heterocycles. The Balaban J connectivity index is 2.93. The average molecular weight is 316 g/mol. The average Bonchev–Trinajstić information content (AvgIpc) is 2.30. The molecule has 0 radical (unpaired) electrons. The maximum Gasteiger partial charge on any atom is 0.335 e. The summed E-state index contributed by atoms with van der Waals surface area (Å²) < 4.78 is 0. The summed E-state index contributed by atoms with van der Waals surface area (Å²) in [5, 5.41) is 20.9. The Hall–Kier alpha value is -1.56. The Bertz CT molecular complexity index is 473. The van der Waals surface area contributed by atoms with Gasteiger partial charge >= 0.3 is 5.97 Å². The fourth-order valence-electron chi connectivity index (χ4n) is 1.27. The van der Waals surface area contributed by atoms with Gasteiger partial charge < -0.3 is 15.5 Å². The van der Waals surface area contributed by atoms with Gasteiger partial charge in [0, 0.05) is 0 Å². The van der Waals surface area contributed by atoms with Gasteiger partial charge in [-0.15, -0.1) is 0 Å². The number of alkyl halides is 1. The summed E-state index contributed by atoms with van der Waals surface area (Å²) in [6, 6.07) is 3.72. The number of aromatic carboxylic acids is 1. The first-order valence-electron chi connectivity index (χ1n) is 5.34. The number of carbonyl (C=O) groups is 2. The van der Waals surface area contributed by atoms with Crippen molar-refractivity contribution in [2.75, 3.05) is 5.32 Å². The van der Waals surface area contributed by atoms with Gasteiger partial charge in [0.15, 0.2) is 0 Å². The number of carbonyl (C=O) groups excluding carboxylic acids is 1. The van der Waals surface area contributed by atoms with Gasteiger partial charge in [-0.2, -0.15) is 0 Å². The predicted octanol–water partition coefficient (Wildman–Crippen LogP) is 2.45. The molecule has 0 aliphatic carbocycles. The zero-order valence-corrected chi connectivity index (χ0v) is 11.6. The molecule has 0 heterocycles. The number of rotatable bonds is 4. The van der Waals surface area contributed by atoms with Crippen LogP contribution in [0.2, 0.25) is 0 Å². The van der Waals surface area contributed by atoms with E-state index in [9.17, 15) is 14.7 Å². The SMILES string of the molecule is CC(C)C(Br)C(=O)Nc1cc(C(=O)O)ccc1O. The summed E-state index contributed by atoms with van der Waals surface area (Å²) in [7, 11) is 0. The zero-order valence-electron chi connectivity index (χ0n) is 9.98. The molecule has 18 heavy (non-hydrogen) atoms. The fraction of sp³-hybridized carbons (Fsp3) is 0.333. The second kappa shape index (κ2) is 5.86. The number of phenolic OH excluding ortho intramolecular Hbond substituents is 1. The number of anilines is 1. The van der Waals surface area contributed by atoms with Crippen LogP contribution in [0.5, 0.6) is 5.75 Å². The van der Waals surface area contributed by atoms with Gasteiger partial charge in [-0.3, -0.25) is 4.79 Å². The third-order valence-electron chi connectivity index (χ3n) is 2.34. The first-order chi connectivity index (χ1) is 8.32. The molecule has 1 amide bonds. The Morgan fingerprint density at radius 2 is 1.94 bits per heavy atom. The first-order valence-corrected chi connectivity index (χ1v) is 6.25. The first kappa shape index (κ1) is 14.5. The second-order valence-electron chi connectivity index (χ2n) is 4.17. The summed E-state index contributed by atoms with van der Waals surface area (Å²) in [6.45, 7) is 3.74. The Morgan fingerprint density at radius 3 is 2.44 bits per heavy atom. The molecule has 0 aliphatic rings. The van der Waals surface area contributed by atoms with Crippen molar-refractivity contribution in [1.82, 2.24) is 0 Å². The molecule has 1 aromatic carbocycles. The maximum atomic E-state index is 11.8. The third-order valence-corrected chi connectivity index (χ3v) is 3.81. The Morgan fingerprint density at radius 1 is 1.33 bits per heavy atom. The van der Waals surface area contributed by atoms with Crippen molar-refractivity contribution in [3.05, 3.63) is 23.8 Å². The van der Waals surface area contributed by atoms with Gasteiger partial charge in [0.1, 0.15) is 5.75 Å². The minimum atomic E-state index is -1.12. The topological polar surface area (TPSA) is 86.6 Å². The largest absolute Gasteiger partial charge is 0.506 e. The molecule has 0 aliphatic heterocycles. The predicted molar refractivity (Wildman–Crippen MR) is 71.2 cm³/mol. The number of halogens is 1. The van der Waals surface area contributed by atoms with E-state index in [4.69, 9.17) is 5.11 Å². The van der Waals surface area contributed by atoms with Gasteiger partial charge in [-0.1, -0.05) is 29.8 Å². The van der Waals surface area contributed by atoms with Crippen LogP contribution in [-0.4, -0.2) is 26.9 Å². The van der Waals surface area contributed by atoms with Crippen LogP contribution in [0.4, 0.5) is 5.69 Å². The van der Waals surface area contributed by atoms with Crippen LogP contribution in [0.25, 0.3) is 0 Å². The van der Waals surface area contributed by atoms with Crippen molar-refractivity contribution in [1.29, 1.82) is 0 Å². The molecule has 1 unspecified atom stereocenters. The van der Waals surface area contributed by atoms with E-state index in [0.717, 1.165) is 0 Å². The van der Waals surface area contributed by atoms with Crippen LogP contribution in [0, 0.1) is 5.92 Å². The van der Waals surface area contributed by atoms with Gasteiger partial charge in [0.05, 0.1) is 16.1 Å². The van der Waals surface area contributed by atoms with E-state index in [2.05, 4.69) is 21.2 Å². The summed E-state index contributed by atoms with van der Waals surface area (Å²) in [5.41, 5.74) is 0.0868. The summed E-state index contributed by atoms with van der Waals surface area (Å²) in [5.74, 6) is -1.54. The molecule has 0 fully saturated rings. The maximum absolute atomic E-state index is 11.8. The van der Waals surface area contributed by atoms with Gasteiger partial charge in [-0.25, -0.2) is 4.79 Å². The van der Waals surface area contributed by atoms with Gasteiger partial charge in [0.25, 0.3) is 0 Å². The van der Waals surface area contributed by atoms with E-state index in [1.54, 1.807) is 0 Å². The Labute approximate surface area is 113 Å². The number of carboxylic acids is 1. The van der Waals surface area contributed by atoms with Crippen LogP contribution in [0.1, 0.15) is 24.2 Å². The quantitative estimate of drug-likeness (QED) is 0.588. The highest BCUT2D eigenvalue weighted by molar-refractivity contribution is 9.10. The number of amides is 1. The van der Waals surface area contributed by atoms with Crippen LogP contribution >= 0.6 is 15.9 Å². The van der Waals surface area contributed by atoms with Crippen LogP contribution in [-0.2, 0) is 4.79 Å². The number of benzene rings is 1. The lowest BCUT2D eigenvalue weighted by atomic mass is 10.1. The number of hydrogen-bond acceptors (Lipinski definition) is 3. The Kier molecular flexibility index (Phi) is 4.72. The molecule has 5 nitrogen and oxygen atoms in total. The lowest BCUT2D eigenvalue weighted by Crippen LogP contribution is -2.27. The number of hydrogen-bond donors (Lipinski definition) is 3. The molecule has 3 N–H and O–H groups in total. The van der Waals surface area contributed by atoms with Crippen LogP contribution < -0.4 is 5.32 Å². The molecule has 1 rings (SSSR count). The molecule has 0 bridgehead atoms. The monoisotopic (exact) mass is 315 g/mol. The zero-order chi connectivity index (χ0) is 13.9. The number of aromatic hydroxyl groups is 1. The van der Waals surface area contributed by atoms with E-state index < -0.39 is 10.8 Å². The lowest BCUT2D eigenvalue weighted by Gasteiger charge is -2.14. The van der Waals surface area contributed by atoms with Gasteiger partial charge in [0.2, 0.25) is 5.91 Å². The molecule has 0 spiro atoms. The third kappa shape index (κ3) is 3.46. The smallest absolute Gasteiger partial charge is 0.335 e. The van der Waals surface area contributed by atoms with Crippen LogP contribution in [0.15, 0.2) is 18.2 Å². The fourth-order valence-corrected chi connectivity index (χ4v) is 1.39. The highest BCUT2D eigenvalue weighted by atomic mass is 79.9. The van der Waals surface area contributed by atoms with Crippen molar-refractivity contribution < 1.29 is 19.8 Å². The molecule has 0 aromatic heterocycles. The van der Waals surface area contributed by atoms with Crippen molar-refractivity contribution in [2.45, 2.75) is 18.7 Å². The van der Waals surface area contributed by atoms with E-state index in [1.807, 2.05) is 13.8 Å². The summed E-state index contributed by atoms with van der Waals surface area (Å²) in [6.07, 6.45) is 0. The summed E-state index contributed by atoms with van der Waals surface area (Å²) in [4.78, 5) is 22.1. The second-order valence-corrected chi connectivity index (χ2v) is 5.16. The molecule has 0 saturated carbocycles. The molecule has 1 aromatic rings. The molecule has 6 heteroatoms. The van der Waals surface area contributed by atoms with E-state index in [-0.39, 0.29) is 28.8 Å². The normalized spacial score (nSPS) is 12.2. The summed E-state index contributed by atoms with van der Waals surface area (Å²) >= 11 is 3.23. The molecular formula is C12H14BrNO4. The molecule has 1 atom stereocenters. The minimum Gasteiger partial charge on any atom is -0.506 e. The lowest BCUT2D eigenvalue weighted by molar-refractivity contribution is -0.116.